The number of nitrogens with zero attached hydrogens (tertiary/aromatic N) is 2. The van der Waals surface area contributed by atoms with Gasteiger partial charge in [0.2, 0.25) is 5.91 Å². The first-order valence-electron chi connectivity index (χ1n) is 7.25. The zero-order chi connectivity index (χ0) is 14.1. The van der Waals surface area contributed by atoms with Gasteiger partial charge in [-0.15, -0.1) is 12.4 Å². The van der Waals surface area contributed by atoms with Crippen molar-refractivity contribution in [2.24, 2.45) is 5.73 Å². The first-order valence-corrected chi connectivity index (χ1v) is 7.25. The Kier molecular flexibility index (Phi) is 5.08. The van der Waals surface area contributed by atoms with Crippen molar-refractivity contribution in [1.29, 1.82) is 0 Å². The molecule has 6 heteroatoms. The van der Waals surface area contributed by atoms with Gasteiger partial charge >= 0.3 is 0 Å². The number of amides is 1. The molecule has 1 aromatic carbocycles. The van der Waals surface area contributed by atoms with E-state index in [4.69, 9.17) is 5.73 Å². The van der Waals surface area contributed by atoms with Crippen LogP contribution in [-0.2, 0) is 4.79 Å². The second-order valence-corrected chi connectivity index (χ2v) is 5.64. The van der Waals surface area contributed by atoms with Gasteiger partial charge in [-0.3, -0.25) is 4.79 Å². The van der Waals surface area contributed by atoms with Crippen LogP contribution < -0.4 is 15.5 Å². The highest BCUT2D eigenvalue weighted by atomic mass is 35.5. The molecular formula is C15H22ClN3O2. The van der Waals surface area contributed by atoms with Gasteiger partial charge in [-0.05, 0) is 43.5 Å². The summed E-state index contributed by atoms with van der Waals surface area (Å²) >= 11 is 0. The van der Waals surface area contributed by atoms with E-state index in [2.05, 4.69) is 4.90 Å². The minimum absolute atomic E-state index is 0. The minimum atomic E-state index is -0.364. The lowest BCUT2D eigenvalue weighted by atomic mass is 10.0. The van der Waals surface area contributed by atoms with Crippen molar-refractivity contribution in [3.05, 3.63) is 24.3 Å². The zero-order valence-corrected chi connectivity index (χ0v) is 12.8. The normalized spacial score (nSPS) is 25.9. The number of anilines is 2. The average Bonchev–Trinajstić information content (AvgIpc) is 2.89. The number of hydrogen-bond acceptors (Lipinski definition) is 4. The molecular weight excluding hydrogens is 290 g/mol. The van der Waals surface area contributed by atoms with Crippen molar-refractivity contribution < 1.29 is 9.90 Å². The standard InChI is InChI=1S/C15H21N3O2.ClH/c16-14-2-1-8-18(15(14)20)12-5-3-11(4-6-12)17-9-7-13(19)10-17;/h3-6,13-14,19H,1-2,7-10,16H2;1H/t13-,14?;/m1./s1. The Hall–Kier alpha value is -1.30. The predicted octanol–water partition coefficient (Wildman–Crippen LogP) is 1.13. The number of rotatable bonds is 2. The van der Waals surface area contributed by atoms with Gasteiger partial charge in [-0.1, -0.05) is 0 Å². The number of aliphatic hydroxyl groups is 1. The number of piperidine rings is 1. The second kappa shape index (κ2) is 6.64. The fourth-order valence-electron chi connectivity index (χ4n) is 2.98. The number of carbonyl (C=O) groups excluding carboxylic acids is 1. The molecule has 0 spiro atoms. The number of hydrogen-bond donors (Lipinski definition) is 2. The molecule has 3 rings (SSSR count). The molecule has 21 heavy (non-hydrogen) atoms. The summed E-state index contributed by atoms with van der Waals surface area (Å²) in [5, 5.41) is 9.57. The summed E-state index contributed by atoms with van der Waals surface area (Å²) in [4.78, 5) is 16.0. The van der Waals surface area contributed by atoms with Gasteiger partial charge in [0, 0.05) is 31.0 Å². The highest BCUT2D eigenvalue weighted by molar-refractivity contribution is 5.97. The van der Waals surface area contributed by atoms with E-state index in [1.54, 1.807) is 4.90 Å². The smallest absolute Gasteiger partial charge is 0.243 e. The van der Waals surface area contributed by atoms with Gasteiger partial charge in [0.15, 0.2) is 0 Å². The van der Waals surface area contributed by atoms with Crippen LogP contribution in [0.25, 0.3) is 0 Å². The van der Waals surface area contributed by atoms with Crippen LogP contribution in [0.3, 0.4) is 0 Å². The van der Waals surface area contributed by atoms with Crippen molar-refractivity contribution in [2.45, 2.75) is 31.4 Å². The molecule has 1 aromatic rings. The van der Waals surface area contributed by atoms with Crippen LogP contribution in [0.4, 0.5) is 11.4 Å². The van der Waals surface area contributed by atoms with Crippen LogP contribution in [-0.4, -0.2) is 42.8 Å². The third kappa shape index (κ3) is 3.31. The summed E-state index contributed by atoms with van der Waals surface area (Å²) in [5.41, 5.74) is 7.83. The molecule has 116 valence electrons. The van der Waals surface area contributed by atoms with Crippen molar-refractivity contribution >= 4 is 29.7 Å². The maximum Gasteiger partial charge on any atom is 0.243 e. The fourth-order valence-corrected chi connectivity index (χ4v) is 2.98. The number of aliphatic hydroxyl groups excluding tert-OH is 1. The lowest BCUT2D eigenvalue weighted by Gasteiger charge is -2.30. The summed E-state index contributed by atoms with van der Waals surface area (Å²) in [6, 6.07) is 7.60. The van der Waals surface area contributed by atoms with E-state index in [1.165, 1.54) is 0 Å². The highest BCUT2D eigenvalue weighted by Gasteiger charge is 2.27. The first kappa shape index (κ1) is 16.1. The van der Waals surface area contributed by atoms with Crippen LogP contribution in [0, 0.1) is 0 Å². The largest absolute Gasteiger partial charge is 0.391 e. The van der Waals surface area contributed by atoms with E-state index < -0.39 is 0 Å². The van der Waals surface area contributed by atoms with E-state index in [0.29, 0.717) is 6.54 Å². The van der Waals surface area contributed by atoms with Gasteiger partial charge in [0.1, 0.15) is 0 Å². The Balaban J connectivity index is 0.00000161. The van der Waals surface area contributed by atoms with Crippen LogP contribution in [0.1, 0.15) is 19.3 Å². The number of nitrogens with two attached hydrogens (primary N) is 1. The second-order valence-electron chi connectivity index (χ2n) is 5.64. The van der Waals surface area contributed by atoms with Crippen molar-refractivity contribution in [1.82, 2.24) is 0 Å². The molecule has 0 radical (unpaired) electrons. The molecule has 2 fully saturated rings. The van der Waals surface area contributed by atoms with E-state index in [9.17, 15) is 9.90 Å². The maximum atomic E-state index is 12.1. The van der Waals surface area contributed by atoms with Crippen molar-refractivity contribution in [3.8, 4) is 0 Å². The summed E-state index contributed by atoms with van der Waals surface area (Å²) in [6.07, 6.45) is 2.32. The lowest BCUT2D eigenvalue weighted by Crippen LogP contribution is -2.48. The molecule has 0 bridgehead atoms. The van der Waals surface area contributed by atoms with E-state index in [0.717, 1.165) is 43.7 Å². The summed E-state index contributed by atoms with van der Waals surface area (Å²) in [7, 11) is 0. The number of benzene rings is 1. The van der Waals surface area contributed by atoms with E-state index >= 15 is 0 Å². The Bertz CT molecular complexity index is 494. The summed E-state index contributed by atoms with van der Waals surface area (Å²) < 4.78 is 0. The van der Waals surface area contributed by atoms with Gasteiger partial charge in [-0.2, -0.15) is 0 Å². The molecule has 0 aliphatic carbocycles. The highest BCUT2D eigenvalue weighted by Crippen LogP contribution is 2.26. The number of β-amino-alcohol motifs (C(OH)–C–C–N with tert-alkyl or cyclic N) is 1. The zero-order valence-electron chi connectivity index (χ0n) is 11.9. The molecule has 3 N–H and O–H groups in total. The molecule has 0 aromatic heterocycles. The third-order valence-corrected chi connectivity index (χ3v) is 4.17. The summed E-state index contributed by atoms with van der Waals surface area (Å²) in [6.45, 7) is 2.31. The topological polar surface area (TPSA) is 69.8 Å². The van der Waals surface area contributed by atoms with Crippen molar-refractivity contribution in [3.63, 3.8) is 0 Å². The number of carbonyl (C=O) groups is 1. The molecule has 2 saturated heterocycles. The van der Waals surface area contributed by atoms with Gasteiger partial charge in [0.05, 0.1) is 12.1 Å². The van der Waals surface area contributed by atoms with Crippen LogP contribution in [0.5, 0.6) is 0 Å². The molecule has 2 atom stereocenters. The van der Waals surface area contributed by atoms with Crippen LogP contribution >= 0.6 is 12.4 Å². The predicted molar refractivity (Wildman–Crippen MR) is 86.1 cm³/mol. The minimum Gasteiger partial charge on any atom is -0.391 e. The molecule has 1 unspecified atom stereocenters. The van der Waals surface area contributed by atoms with Gasteiger partial charge < -0.3 is 20.6 Å². The molecule has 2 heterocycles. The van der Waals surface area contributed by atoms with Crippen LogP contribution in [0.15, 0.2) is 24.3 Å². The van der Waals surface area contributed by atoms with Crippen molar-refractivity contribution in [2.75, 3.05) is 29.4 Å². The quantitative estimate of drug-likeness (QED) is 0.859. The van der Waals surface area contributed by atoms with E-state index in [1.807, 2.05) is 24.3 Å². The Morgan fingerprint density at radius 1 is 1.10 bits per heavy atom. The first-order chi connectivity index (χ1) is 9.65. The van der Waals surface area contributed by atoms with E-state index in [-0.39, 0.29) is 30.5 Å². The van der Waals surface area contributed by atoms with Crippen LogP contribution in [0.2, 0.25) is 0 Å². The molecule has 2 aliphatic heterocycles. The molecule has 2 aliphatic rings. The lowest BCUT2D eigenvalue weighted by molar-refractivity contribution is -0.120. The molecule has 5 nitrogen and oxygen atoms in total. The molecule has 1 amide bonds. The monoisotopic (exact) mass is 311 g/mol. The third-order valence-electron chi connectivity index (χ3n) is 4.17. The Labute approximate surface area is 131 Å². The maximum absolute atomic E-state index is 12.1. The fraction of sp³-hybridized carbons (Fsp3) is 0.533. The van der Waals surface area contributed by atoms with Gasteiger partial charge in [0.25, 0.3) is 0 Å². The van der Waals surface area contributed by atoms with Gasteiger partial charge in [-0.25, -0.2) is 0 Å². The average molecular weight is 312 g/mol. The Morgan fingerprint density at radius 2 is 1.76 bits per heavy atom. The Morgan fingerprint density at radius 3 is 2.38 bits per heavy atom. The molecule has 0 saturated carbocycles. The SMILES string of the molecule is Cl.NC1CCCN(c2ccc(N3CC[C@@H](O)C3)cc2)C1=O. The number of halogens is 1. The summed E-state index contributed by atoms with van der Waals surface area (Å²) in [5.74, 6) is 0.0144.